The van der Waals surface area contributed by atoms with E-state index in [1.807, 2.05) is 12.1 Å². The number of rotatable bonds is 6. The van der Waals surface area contributed by atoms with Gasteiger partial charge in [0, 0.05) is 12.8 Å². The molecule has 3 aromatic carbocycles. The number of carbonyl (C=O) groups excluding carboxylic acids is 1. The smallest absolute Gasteiger partial charge is 0.266 e. The first-order valence-corrected chi connectivity index (χ1v) is 14.0. The van der Waals surface area contributed by atoms with Gasteiger partial charge in [-0.25, -0.2) is 22.3 Å². The largest absolute Gasteiger partial charge is 0.457 e. The standard InChI is InChI=1S/C24H24N2O7S2/c1-16-15-19(33-18-7-10-20(11-8-18)34(2,29)30)9-12-22(16)35(31,32)26-14-13-17-5-3-4-6-21(17)23(26)24(27)25-28/h3-12,15,23,28H,13-14H2,1-2H3,(H,25,27)/t23-/m1/s1. The highest BCUT2D eigenvalue weighted by molar-refractivity contribution is 7.90. The van der Waals surface area contributed by atoms with Crippen molar-refractivity contribution < 1.29 is 31.6 Å². The van der Waals surface area contributed by atoms with Crippen LogP contribution in [0.1, 0.15) is 22.7 Å². The van der Waals surface area contributed by atoms with Crippen LogP contribution >= 0.6 is 0 Å². The van der Waals surface area contributed by atoms with Gasteiger partial charge in [-0.2, -0.15) is 4.31 Å². The Hall–Kier alpha value is -3.25. The first-order valence-electron chi connectivity index (χ1n) is 10.6. The van der Waals surface area contributed by atoms with Gasteiger partial charge in [0.05, 0.1) is 9.79 Å². The van der Waals surface area contributed by atoms with Gasteiger partial charge in [0.1, 0.15) is 17.5 Å². The van der Waals surface area contributed by atoms with Crippen molar-refractivity contribution in [2.75, 3.05) is 12.8 Å². The van der Waals surface area contributed by atoms with Gasteiger partial charge in [0.15, 0.2) is 9.84 Å². The number of carbonyl (C=O) groups is 1. The Bertz CT molecular complexity index is 1480. The molecule has 0 bridgehead atoms. The molecule has 0 aliphatic carbocycles. The molecule has 35 heavy (non-hydrogen) atoms. The van der Waals surface area contributed by atoms with Crippen LogP contribution in [0.2, 0.25) is 0 Å². The maximum atomic E-state index is 13.6. The third kappa shape index (κ3) is 4.94. The normalized spacial score (nSPS) is 16.4. The number of hydrogen-bond acceptors (Lipinski definition) is 7. The quantitative estimate of drug-likeness (QED) is 0.380. The minimum atomic E-state index is -4.11. The van der Waals surface area contributed by atoms with Crippen LogP contribution in [0.25, 0.3) is 0 Å². The van der Waals surface area contributed by atoms with E-state index in [0.717, 1.165) is 16.1 Å². The summed E-state index contributed by atoms with van der Waals surface area (Å²) in [5.41, 5.74) is 3.35. The summed E-state index contributed by atoms with van der Waals surface area (Å²) in [6.07, 6.45) is 1.54. The molecule has 1 aliphatic rings. The summed E-state index contributed by atoms with van der Waals surface area (Å²) in [5, 5.41) is 9.29. The van der Waals surface area contributed by atoms with Crippen molar-refractivity contribution in [2.24, 2.45) is 0 Å². The van der Waals surface area contributed by atoms with E-state index in [4.69, 9.17) is 4.74 Å². The van der Waals surface area contributed by atoms with Crippen molar-refractivity contribution in [3.8, 4) is 11.5 Å². The second kappa shape index (κ2) is 9.42. The van der Waals surface area contributed by atoms with E-state index in [9.17, 15) is 26.8 Å². The zero-order chi connectivity index (χ0) is 25.4. The van der Waals surface area contributed by atoms with E-state index in [1.165, 1.54) is 36.4 Å². The monoisotopic (exact) mass is 516 g/mol. The van der Waals surface area contributed by atoms with Gasteiger partial charge >= 0.3 is 0 Å². The first-order chi connectivity index (χ1) is 16.5. The lowest BCUT2D eigenvalue weighted by Gasteiger charge is -2.35. The van der Waals surface area contributed by atoms with E-state index in [0.29, 0.717) is 29.0 Å². The molecule has 1 atom stereocenters. The SMILES string of the molecule is Cc1cc(Oc2ccc(S(C)(=O)=O)cc2)ccc1S(=O)(=O)N1CCc2ccccc2[C@@H]1C(=O)NO. The van der Waals surface area contributed by atoms with Gasteiger partial charge in [-0.1, -0.05) is 24.3 Å². The highest BCUT2D eigenvalue weighted by atomic mass is 32.2. The molecule has 0 aromatic heterocycles. The van der Waals surface area contributed by atoms with Crippen molar-refractivity contribution in [1.29, 1.82) is 0 Å². The number of hydroxylamine groups is 1. The number of fused-ring (bicyclic) bond motifs is 1. The first kappa shape index (κ1) is 24.9. The highest BCUT2D eigenvalue weighted by Gasteiger charge is 2.41. The van der Waals surface area contributed by atoms with E-state index in [2.05, 4.69) is 0 Å². The summed E-state index contributed by atoms with van der Waals surface area (Å²) in [7, 11) is -7.45. The number of nitrogens with one attached hydrogen (secondary N) is 1. The van der Waals surface area contributed by atoms with Crippen molar-refractivity contribution in [2.45, 2.75) is 29.2 Å². The molecule has 2 N–H and O–H groups in total. The average Bonchev–Trinajstić information content (AvgIpc) is 2.82. The van der Waals surface area contributed by atoms with Gasteiger partial charge in [-0.05, 0) is 72.5 Å². The van der Waals surface area contributed by atoms with Crippen LogP contribution in [0.3, 0.4) is 0 Å². The minimum Gasteiger partial charge on any atom is -0.457 e. The van der Waals surface area contributed by atoms with Crippen molar-refractivity contribution in [3.63, 3.8) is 0 Å². The molecule has 0 unspecified atom stereocenters. The van der Waals surface area contributed by atoms with Crippen LogP contribution in [-0.4, -0.2) is 45.1 Å². The molecule has 11 heteroatoms. The van der Waals surface area contributed by atoms with E-state index < -0.39 is 31.8 Å². The number of aryl methyl sites for hydroxylation is 1. The van der Waals surface area contributed by atoms with Crippen LogP contribution in [0.15, 0.2) is 76.5 Å². The summed E-state index contributed by atoms with van der Waals surface area (Å²) in [6.45, 7) is 1.69. The average molecular weight is 517 g/mol. The maximum absolute atomic E-state index is 13.6. The van der Waals surface area contributed by atoms with E-state index in [-0.39, 0.29) is 16.3 Å². The van der Waals surface area contributed by atoms with E-state index in [1.54, 1.807) is 30.6 Å². The molecule has 4 rings (SSSR count). The predicted octanol–water partition coefficient (Wildman–Crippen LogP) is 2.98. The number of ether oxygens (including phenoxy) is 1. The molecule has 3 aromatic rings. The molecule has 184 valence electrons. The van der Waals surface area contributed by atoms with Gasteiger partial charge < -0.3 is 4.74 Å². The van der Waals surface area contributed by atoms with Gasteiger partial charge in [0.2, 0.25) is 10.0 Å². The predicted molar refractivity (Wildman–Crippen MR) is 128 cm³/mol. The van der Waals surface area contributed by atoms with Crippen LogP contribution in [0.4, 0.5) is 0 Å². The fourth-order valence-corrected chi connectivity index (χ4v) is 6.54. The molecule has 0 saturated heterocycles. The molecule has 9 nitrogen and oxygen atoms in total. The molecular weight excluding hydrogens is 492 g/mol. The third-order valence-corrected chi connectivity index (χ3v) is 8.97. The number of amides is 1. The van der Waals surface area contributed by atoms with Crippen LogP contribution in [0, 0.1) is 6.92 Å². The lowest BCUT2D eigenvalue weighted by molar-refractivity contribution is -0.133. The summed E-state index contributed by atoms with van der Waals surface area (Å²) in [4.78, 5) is 12.7. The Labute approximate surface area is 203 Å². The minimum absolute atomic E-state index is 0.00685. The van der Waals surface area contributed by atoms with Crippen LogP contribution in [-0.2, 0) is 31.1 Å². The maximum Gasteiger partial charge on any atom is 0.266 e. The third-order valence-electron chi connectivity index (χ3n) is 5.82. The Kier molecular flexibility index (Phi) is 6.69. The lowest BCUT2D eigenvalue weighted by Crippen LogP contribution is -2.46. The Morgan fingerprint density at radius 3 is 2.29 bits per heavy atom. The topological polar surface area (TPSA) is 130 Å². The number of sulfone groups is 1. The molecule has 1 heterocycles. The fraction of sp³-hybridized carbons (Fsp3) is 0.208. The van der Waals surface area contributed by atoms with Crippen LogP contribution in [0.5, 0.6) is 11.5 Å². The highest BCUT2D eigenvalue weighted by Crippen LogP contribution is 2.36. The molecule has 1 aliphatic heterocycles. The lowest BCUT2D eigenvalue weighted by atomic mass is 9.94. The number of hydrogen-bond donors (Lipinski definition) is 2. The Morgan fingerprint density at radius 1 is 1.00 bits per heavy atom. The second-order valence-corrected chi connectivity index (χ2v) is 12.1. The van der Waals surface area contributed by atoms with Gasteiger partial charge in [-0.3, -0.25) is 10.0 Å². The van der Waals surface area contributed by atoms with Crippen LogP contribution < -0.4 is 10.2 Å². The molecule has 1 amide bonds. The summed E-state index contributed by atoms with van der Waals surface area (Å²) in [5.74, 6) is -0.0854. The van der Waals surface area contributed by atoms with E-state index >= 15 is 0 Å². The second-order valence-electron chi connectivity index (χ2n) is 8.22. The number of sulfonamides is 1. The van der Waals surface area contributed by atoms with Crippen molar-refractivity contribution in [3.05, 3.63) is 83.4 Å². The van der Waals surface area contributed by atoms with Gasteiger partial charge in [-0.15, -0.1) is 0 Å². The zero-order valence-corrected chi connectivity index (χ0v) is 20.6. The zero-order valence-electron chi connectivity index (χ0n) is 19.0. The molecule has 0 fully saturated rings. The molecule has 0 saturated carbocycles. The Morgan fingerprint density at radius 2 is 1.66 bits per heavy atom. The summed E-state index contributed by atoms with van der Waals surface area (Å²) < 4.78 is 57.3. The number of nitrogens with zero attached hydrogens (tertiary/aromatic N) is 1. The molecule has 0 radical (unpaired) electrons. The Balaban J connectivity index is 1.64. The van der Waals surface area contributed by atoms with Gasteiger partial charge in [0.25, 0.3) is 5.91 Å². The molecule has 0 spiro atoms. The summed E-state index contributed by atoms with van der Waals surface area (Å²) >= 11 is 0. The molecular formula is C24H24N2O7S2. The van der Waals surface area contributed by atoms with Crippen molar-refractivity contribution >= 4 is 25.8 Å². The fourth-order valence-electron chi connectivity index (χ4n) is 4.13. The summed E-state index contributed by atoms with van der Waals surface area (Å²) in [6, 6.07) is 16.2. The number of benzene rings is 3. The van der Waals surface area contributed by atoms with Crippen molar-refractivity contribution in [1.82, 2.24) is 9.79 Å².